The summed E-state index contributed by atoms with van der Waals surface area (Å²) >= 11 is 0. The zero-order chi connectivity index (χ0) is 22.3. The lowest BCUT2D eigenvalue weighted by atomic mass is 10.1. The van der Waals surface area contributed by atoms with Crippen LogP contribution in [0.25, 0.3) is 0 Å². The number of hydrogen-bond donors (Lipinski definition) is 2. The van der Waals surface area contributed by atoms with Gasteiger partial charge in [0, 0.05) is 30.9 Å². The molecule has 0 spiro atoms. The molecule has 1 saturated heterocycles. The highest BCUT2D eigenvalue weighted by molar-refractivity contribution is 5.98. The van der Waals surface area contributed by atoms with Crippen molar-refractivity contribution in [2.75, 3.05) is 28.7 Å². The minimum Gasteiger partial charge on any atom is -0.341 e. The fraction of sp³-hybridized carbons (Fsp3) is 0.273. The molecule has 1 aliphatic rings. The standard InChI is InChI=1S/C22H24N8O2/c1-16(17-8-4-2-5-9-17)27-28-21-24-20(23-18-10-12-19(13-11-18)30(31)32)25-22(26-21)29-14-6-3-7-15-29/h2,4-5,8-13H,3,6-7,14-15H2,1H3,(H2,23,24,25,26,28)/b27-16-. The van der Waals surface area contributed by atoms with E-state index in [0.717, 1.165) is 37.2 Å². The molecule has 10 heteroatoms. The quantitative estimate of drug-likeness (QED) is 0.321. The number of anilines is 4. The third-order valence-electron chi connectivity index (χ3n) is 5.11. The predicted molar refractivity (Wildman–Crippen MR) is 125 cm³/mol. The monoisotopic (exact) mass is 432 g/mol. The molecule has 164 valence electrons. The van der Waals surface area contributed by atoms with Crippen LogP contribution in [0.15, 0.2) is 59.7 Å². The second-order valence-electron chi connectivity index (χ2n) is 7.43. The van der Waals surface area contributed by atoms with E-state index >= 15 is 0 Å². The molecule has 0 saturated carbocycles. The molecule has 0 radical (unpaired) electrons. The summed E-state index contributed by atoms with van der Waals surface area (Å²) in [5.74, 6) is 1.23. The number of nitrogens with one attached hydrogen (secondary N) is 2. The second-order valence-corrected chi connectivity index (χ2v) is 7.43. The number of nitro groups is 1. The molecule has 3 aromatic rings. The Kier molecular flexibility index (Phi) is 6.49. The highest BCUT2D eigenvalue weighted by Gasteiger charge is 2.17. The minimum absolute atomic E-state index is 0.0216. The van der Waals surface area contributed by atoms with Crippen LogP contribution in [0.2, 0.25) is 0 Å². The Morgan fingerprint density at radius 3 is 2.34 bits per heavy atom. The average Bonchev–Trinajstić information content (AvgIpc) is 2.84. The van der Waals surface area contributed by atoms with Gasteiger partial charge in [0.25, 0.3) is 5.69 Å². The van der Waals surface area contributed by atoms with Crippen LogP contribution in [-0.2, 0) is 0 Å². The summed E-state index contributed by atoms with van der Waals surface area (Å²) in [6.45, 7) is 3.67. The van der Waals surface area contributed by atoms with Gasteiger partial charge < -0.3 is 10.2 Å². The van der Waals surface area contributed by atoms with Gasteiger partial charge >= 0.3 is 0 Å². The van der Waals surface area contributed by atoms with Crippen LogP contribution in [0.4, 0.5) is 29.2 Å². The van der Waals surface area contributed by atoms with Crippen molar-refractivity contribution in [2.45, 2.75) is 26.2 Å². The Balaban J connectivity index is 1.59. The molecular weight excluding hydrogens is 408 g/mol. The highest BCUT2D eigenvalue weighted by atomic mass is 16.6. The molecule has 0 aliphatic carbocycles. The van der Waals surface area contributed by atoms with E-state index in [1.165, 1.54) is 18.6 Å². The van der Waals surface area contributed by atoms with Crippen LogP contribution in [0, 0.1) is 10.1 Å². The van der Waals surface area contributed by atoms with E-state index in [1.54, 1.807) is 12.1 Å². The van der Waals surface area contributed by atoms with Gasteiger partial charge in [0.15, 0.2) is 0 Å². The maximum Gasteiger partial charge on any atom is 0.269 e. The smallest absolute Gasteiger partial charge is 0.269 e. The van der Waals surface area contributed by atoms with Crippen molar-refractivity contribution < 1.29 is 4.92 Å². The van der Waals surface area contributed by atoms with E-state index in [2.05, 4.69) is 35.7 Å². The van der Waals surface area contributed by atoms with Crippen LogP contribution >= 0.6 is 0 Å². The largest absolute Gasteiger partial charge is 0.341 e. The third-order valence-corrected chi connectivity index (χ3v) is 5.11. The first-order valence-corrected chi connectivity index (χ1v) is 10.5. The maximum absolute atomic E-state index is 10.9. The summed E-state index contributed by atoms with van der Waals surface area (Å²) in [4.78, 5) is 26.1. The van der Waals surface area contributed by atoms with Crippen molar-refractivity contribution in [3.63, 3.8) is 0 Å². The maximum atomic E-state index is 10.9. The van der Waals surface area contributed by atoms with Crippen molar-refractivity contribution in [3.8, 4) is 0 Å². The van der Waals surface area contributed by atoms with E-state index in [0.29, 0.717) is 23.5 Å². The van der Waals surface area contributed by atoms with Crippen LogP contribution in [-0.4, -0.2) is 38.7 Å². The Hall–Kier alpha value is -4.08. The first kappa shape index (κ1) is 21.2. The van der Waals surface area contributed by atoms with Crippen LogP contribution in [0.1, 0.15) is 31.7 Å². The minimum atomic E-state index is -0.434. The molecule has 4 rings (SSSR count). The molecule has 2 N–H and O–H groups in total. The number of aromatic nitrogens is 3. The van der Waals surface area contributed by atoms with Gasteiger partial charge in [0.1, 0.15) is 0 Å². The molecule has 2 heterocycles. The lowest BCUT2D eigenvalue weighted by molar-refractivity contribution is -0.384. The SMILES string of the molecule is C/C(=N/Nc1nc(Nc2ccc([N+](=O)[O-])cc2)nc(N2CCCCC2)n1)c1ccccc1. The van der Waals surface area contributed by atoms with Gasteiger partial charge in [-0.3, -0.25) is 10.1 Å². The number of benzene rings is 2. The second kappa shape index (κ2) is 9.82. The molecule has 0 bridgehead atoms. The number of hydrogen-bond acceptors (Lipinski definition) is 9. The van der Waals surface area contributed by atoms with Gasteiger partial charge in [-0.25, -0.2) is 5.43 Å². The zero-order valence-corrected chi connectivity index (χ0v) is 17.7. The summed E-state index contributed by atoms with van der Waals surface area (Å²) in [6, 6.07) is 15.9. The van der Waals surface area contributed by atoms with Crippen LogP contribution in [0.3, 0.4) is 0 Å². The lowest BCUT2D eigenvalue weighted by Crippen LogP contribution is -2.31. The molecule has 1 aliphatic heterocycles. The lowest BCUT2D eigenvalue weighted by Gasteiger charge is -2.26. The van der Waals surface area contributed by atoms with E-state index in [9.17, 15) is 10.1 Å². The highest BCUT2D eigenvalue weighted by Crippen LogP contribution is 2.22. The number of hydrazone groups is 1. The summed E-state index contributed by atoms with van der Waals surface area (Å²) in [5.41, 5.74) is 5.40. The van der Waals surface area contributed by atoms with Crippen LogP contribution in [0.5, 0.6) is 0 Å². The summed E-state index contributed by atoms with van der Waals surface area (Å²) in [7, 11) is 0. The van der Waals surface area contributed by atoms with Crippen molar-refractivity contribution in [3.05, 3.63) is 70.3 Å². The van der Waals surface area contributed by atoms with E-state index in [4.69, 9.17) is 0 Å². The average molecular weight is 432 g/mol. The molecule has 0 atom stereocenters. The molecular formula is C22H24N8O2. The van der Waals surface area contributed by atoms with Crippen molar-refractivity contribution >= 4 is 34.9 Å². The van der Waals surface area contributed by atoms with Crippen molar-refractivity contribution in [2.24, 2.45) is 5.10 Å². The van der Waals surface area contributed by atoms with E-state index in [-0.39, 0.29) is 5.69 Å². The van der Waals surface area contributed by atoms with E-state index < -0.39 is 4.92 Å². The summed E-state index contributed by atoms with van der Waals surface area (Å²) in [5, 5.41) is 18.4. The topological polar surface area (TPSA) is 121 Å². The number of nitrogens with zero attached hydrogens (tertiary/aromatic N) is 6. The number of piperidine rings is 1. The Morgan fingerprint density at radius 2 is 1.66 bits per heavy atom. The van der Waals surface area contributed by atoms with Gasteiger partial charge in [-0.2, -0.15) is 20.1 Å². The van der Waals surface area contributed by atoms with Crippen molar-refractivity contribution in [1.82, 2.24) is 15.0 Å². The van der Waals surface area contributed by atoms with E-state index in [1.807, 2.05) is 37.3 Å². The molecule has 32 heavy (non-hydrogen) atoms. The van der Waals surface area contributed by atoms with Gasteiger partial charge in [-0.1, -0.05) is 30.3 Å². The third kappa shape index (κ3) is 5.34. The summed E-state index contributed by atoms with van der Waals surface area (Å²) in [6.07, 6.45) is 3.37. The number of rotatable bonds is 7. The molecule has 1 aromatic heterocycles. The first-order chi connectivity index (χ1) is 15.6. The molecule has 1 fully saturated rings. The predicted octanol–water partition coefficient (Wildman–Crippen LogP) is 4.35. The fourth-order valence-electron chi connectivity index (χ4n) is 3.38. The van der Waals surface area contributed by atoms with Crippen molar-refractivity contribution in [1.29, 1.82) is 0 Å². The Labute approximate surface area is 185 Å². The number of nitro benzene ring substituents is 1. The van der Waals surface area contributed by atoms with Gasteiger partial charge in [-0.05, 0) is 43.9 Å². The first-order valence-electron chi connectivity index (χ1n) is 10.5. The molecule has 10 nitrogen and oxygen atoms in total. The Bertz CT molecular complexity index is 1100. The fourth-order valence-corrected chi connectivity index (χ4v) is 3.38. The zero-order valence-electron chi connectivity index (χ0n) is 17.7. The molecule has 0 amide bonds. The number of non-ortho nitro benzene ring substituents is 1. The summed E-state index contributed by atoms with van der Waals surface area (Å²) < 4.78 is 0. The van der Waals surface area contributed by atoms with Crippen LogP contribution < -0.4 is 15.6 Å². The molecule has 0 unspecified atom stereocenters. The van der Waals surface area contributed by atoms with Gasteiger partial charge in [-0.15, -0.1) is 0 Å². The Morgan fingerprint density at radius 1 is 0.969 bits per heavy atom. The van der Waals surface area contributed by atoms with Gasteiger partial charge in [0.2, 0.25) is 17.8 Å². The molecule has 2 aromatic carbocycles. The normalized spacial score (nSPS) is 14.2. The van der Waals surface area contributed by atoms with Gasteiger partial charge in [0.05, 0.1) is 10.6 Å².